The molecular weight excluding hydrogens is 900 g/mol. The first-order valence-corrected chi connectivity index (χ1v) is 21.1. The van der Waals surface area contributed by atoms with Crippen molar-refractivity contribution in [2.75, 3.05) is 0 Å². The quantitative estimate of drug-likeness (QED) is 0.131. The van der Waals surface area contributed by atoms with Crippen molar-refractivity contribution in [3.63, 3.8) is 0 Å². The molecule has 0 aliphatic heterocycles. The summed E-state index contributed by atoms with van der Waals surface area (Å²) in [6.07, 6.45) is 1.10. The highest BCUT2D eigenvalue weighted by Gasteiger charge is 2.23. The number of benzene rings is 6. The van der Waals surface area contributed by atoms with E-state index in [1.165, 1.54) is 41.9 Å². The number of aromatic nitrogens is 1. The zero-order valence-electron chi connectivity index (χ0n) is 26.4. The standard InChI is InChI=1S/C19H14INO2S.C13H9I.C7H7ClO2S/c1-13-6-9-15(10-7-13)24(22,23)21-18-5-3-2-4-16(18)17-12-14(20)8-11-19(17)21;14-11-6-5-10-7-9-3-1-2-4-12(9)13(10)8-11;1-6-2-4-7(5-3-6)11(8,9)10/h2-12H,1H3;1-6,8H,7H2;2-5H,1H3. The lowest BCUT2D eigenvalue weighted by Crippen LogP contribution is -2.12. The summed E-state index contributed by atoms with van der Waals surface area (Å²) in [4.78, 5) is 0.444. The van der Waals surface area contributed by atoms with Gasteiger partial charge in [-0.2, -0.15) is 0 Å². The molecule has 1 aliphatic carbocycles. The third-order valence-corrected chi connectivity index (χ3v) is 12.7. The second-order valence-electron chi connectivity index (χ2n) is 11.6. The summed E-state index contributed by atoms with van der Waals surface area (Å²) >= 11 is 4.62. The normalized spacial score (nSPS) is 12.0. The third kappa shape index (κ3) is 7.75. The number of halogens is 3. The number of nitrogens with zero attached hydrogens (tertiary/aromatic N) is 1. The van der Waals surface area contributed by atoms with Gasteiger partial charge in [0.05, 0.1) is 20.8 Å². The first kappa shape index (κ1) is 35.6. The molecule has 8 rings (SSSR count). The molecule has 0 saturated carbocycles. The van der Waals surface area contributed by atoms with Crippen molar-refractivity contribution in [2.45, 2.75) is 30.1 Å². The van der Waals surface area contributed by atoms with Crippen molar-refractivity contribution in [2.24, 2.45) is 0 Å². The van der Waals surface area contributed by atoms with E-state index in [0.717, 1.165) is 31.9 Å². The summed E-state index contributed by atoms with van der Waals surface area (Å²) in [6.45, 7) is 3.82. The molecule has 0 atom stereocenters. The molecule has 49 heavy (non-hydrogen) atoms. The fourth-order valence-corrected chi connectivity index (χ4v) is 9.06. The van der Waals surface area contributed by atoms with E-state index in [9.17, 15) is 16.8 Å². The van der Waals surface area contributed by atoms with Crippen LogP contribution in [0.25, 0.3) is 32.9 Å². The van der Waals surface area contributed by atoms with Gasteiger partial charge < -0.3 is 0 Å². The molecule has 0 fully saturated rings. The van der Waals surface area contributed by atoms with Crippen LogP contribution in [0.4, 0.5) is 0 Å². The summed E-state index contributed by atoms with van der Waals surface area (Å²) in [5.41, 5.74) is 9.22. The van der Waals surface area contributed by atoms with Gasteiger partial charge in [-0.15, -0.1) is 0 Å². The highest BCUT2D eigenvalue weighted by atomic mass is 127. The van der Waals surface area contributed by atoms with Gasteiger partial charge in [-0.3, -0.25) is 0 Å². The molecule has 248 valence electrons. The van der Waals surface area contributed by atoms with Gasteiger partial charge >= 0.3 is 0 Å². The van der Waals surface area contributed by atoms with E-state index in [4.69, 9.17) is 10.7 Å². The predicted octanol–water partition coefficient (Wildman–Crippen LogP) is 10.7. The Morgan fingerprint density at radius 1 is 0.551 bits per heavy atom. The Kier molecular flexibility index (Phi) is 10.6. The minimum Gasteiger partial charge on any atom is -0.233 e. The molecule has 0 spiro atoms. The first-order valence-electron chi connectivity index (χ1n) is 15.2. The molecule has 0 amide bonds. The van der Waals surface area contributed by atoms with Crippen LogP contribution in [-0.4, -0.2) is 20.8 Å². The Morgan fingerprint density at radius 2 is 1.08 bits per heavy atom. The van der Waals surface area contributed by atoms with E-state index >= 15 is 0 Å². The van der Waals surface area contributed by atoms with Crippen molar-refractivity contribution < 1.29 is 16.8 Å². The van der Waals surface area contributed by atoms with Crippen LogP contribution in [-0.2, 0) is 25.5 Å². The summed E-state index contributed by atoms with van der Waals surface area (Å²) in [5.74, 6) is 0. The lowest BCUT2D eigenvalue weighted by molar-refractivity contribution is 0.590. The molecule has 0 radical (unpaired) electrons. The van der Waals surface area contributed by atoms with E-state index in [1.54, 1.807) is 24.3 Å². The average molecular weight is 930 g/mol. The van der Waals surface area contributed by atoms with Gasteiger partial charge in [0.2, 0.25) is 0 Å². The lowest BCUT2D eigenvalue weighted by atomic mass is 10.1. The largest absolute Gasteiger partial charge is 0.268 e. The van der Waals surface area contributed by atoms with Crippen LogP contribution in [0.1, 0.15) is 22.3 Å². The van der Waals surface area contributed by atoms with Crippen LogP contribution in [0.3, 0.4) is 0 Å². The molecule has 7 aromatic rings. The van der Waals surface area contributed by atoms with E-state index in [0.29, 0.717) is 15.9 Å². The smallest absolute Gasteiger partial charge is 0.233 e. The molecule has 6 aromatic carbocycles. The van der Waals surface area contributed by atoms with Crippen molar-refractivity contribution >= 4 is 96.7 Å². The zero-order chi connectivity index (χ0) is 34.9. The predicted molar refractivity (Wildman–Crippen MR) is 218 cm³/mol. The highest BCUT2D eigenvalue weighted by molar-refractivity contribution is 14.1. The van der Waals surface area contributed by atoms with Crippen LogP contribution in [0, 0.1) is 21.0 Å². The number of aryl methyl sites for hydroxylation is 2. The monoisotopic (exact) mass is 929 g/mol. The Bertz CT molecular complexity index is 2550. The van der Waals surface area contributed by atoms with E-state index in [1.807, 2.05) is 68.4 Å². The molecule has 1 aromatic heterocycles. The van der Waals surface area contributed by atoms with Gasteiger partial charge in [0, 0.05) is 28.6 Å². The van der Waals surface area contributed by atoms with Crippen molar-refractivity contribution in [1.82, 2.24) is 3.97 Å². The molecule has 1 heterocycles. The van der Waals surface area contributed by atoms with Gasteiger partial charge in [-0.1, -0.05) is 83.9 Å². The van der Waals surface area contributed by atoms with E-state index < -0.39 is 19.1 Å². The Hall–Kier alpha value is -3.23. The second-order valence-corrected chi connectivity index (χ2v) is 18.5. The fourth-order valence-electron chi connectivity index (χ4n) is 5.78. The Morgan fingerprint density at radius 3 is 1.76 bits per heavy atom. The molecule has 10 heteroatoms. The van der Waals surface area contributed by atoms with E-state index in [-0.39, 0.29) is 4.90 Å². The van der Waals surface area contributed by atoms with Crippen molar-refractivity contribution in [1.29, 1.82) is 0 Å². The van der Waals surface area contributed by atoms with Gasteiger partial charge in [-0.25, -0.2) is 20.8 Å². The maximum Gasteiger partial charge on any atom is 0.268 e. The van der Waals surface area contributed by atoms with Gasteiger partial charge in [0.25, 0.3) is 19.1 Å². The summed E-state index contributed by atoms with van der Waals surface area (Å²) in [6, 6.07) is 42.2. The van der Waals surface area contributed by atoms with E-state index in [2.05, 4.69) is 87.6 Å². The molecule has 5 nitrogen and oxygen atoms in total. The molecular formula is C39H30ClI2NO4S2. The highest BCUT2D eigenvalue weighted by Crippen LogP contribution is 2.37. The van der Waals surface area contributed by atoms with Crippen molar-refractivity contribution in [3.05, 3.63) is 163 Å². The van der Waals surface area contributed by atoms with Crippen LogP contribution in [0.5, 0.6) is 0 Å². The molecule has 0 N–H and O–H groups in total. The van der Waals surface area contributed by atoms with Crippen LogP contribution in [0.2, 0.25) is 0 Å². The average Bonchev–Trinajstić information content (AvgIpc) is 3.61. The minimum atomic E-state index is -3.66. The number of hydrogen-bond donors (Lipinski definition) is 0. The topological polar surface area (TPSA) is 73.2 Å². The number of hydrogen-bond acceptors (Lipinski definition) is 4. The minimum absolute atomic E-state index is 0.143. The Balaban J connectivity index is 0.000000141. The third-order valence-electron chi connectivity index (χ3n) is 8.21. The van der Waals surface area contributed by atoms with Crippen LogP contribution in [0.15, 0.2) is 143 Å². The number of rotatable bonds is 3. The fraction of sp³-hybridized carbons (Fsp3) is 0.0769. The second kappa shape index (κ2) is 14.6. The van der Waals surface area contributed by atoms with Gasteiger partial charge in [0.15, 0.2) is 0 Å². The number of fused-ring (bicyclic) bond motifs is 6. The lowest BCUT2D eigenvalue weighted by Gasteiger charge is -2.09. The van der Waals surface area contributed by atoms with Crippen LogP contribution < -0.4 is 0 Å². The molecule has 0 bridgehead atoms. The van der Waals surface area contributed by atoms with Crippen molar-refractivity contribution in [3.8, 4) is 11.1 Å². The van der Waals surface area contributed by atoms with Gasteiger partial charge in [-0.05, 0) is 148 Å². The summed E-state index contributed by atoms with van der Waals surface area (Å²) in [7, 11) is -2.13. The van der Waals surface area contributed by atoms with Gasteiger partial charge in [0.1, 0.15) is 0 Å². The first-order chi connectivity index (χ1) is 23.3. The zero-order valence-corrected chi connectivity index (χ0v) is 33.1. The Labute approximate surface area is 318 Å². The maximum absolute atomic E-state index is 13.3. The summed E-state index contributed by atoms with van der Waals surface area (Å²) in [5, 5.41) is 1.90. The SMILES string of the molecule is Cc1ccc(S(=O)(=O)Cl)cc1.Cc1ccc(S(=O)(=O)n2c3ccccc3c3cc(I)ccc32)cc1.Ic1ccc2c(c1)-c1ccccc1C2. The number of para-hydroxylation sites is 1. The van der Waals surface area contributed by atoms with Crippen LogP contribution >= 0.6 is 55.9 Å². The molecule has 1 aliphatic rings. The molecule has 0 saturated heterocycles. The maximum atomic E-state index is 13.3. The molecule has 0 unspecified atom stereocenters. The summed E-state index contributed by atoms with van der Waals surface area (Å²) < 4.78 is 51.8.